The lowest BCUT2D eigenvalue weighted by Gasteiger charge is -2.20. The predicted molar refractivity (Wildman–Crippen MR) is 170 cm³/mol. The van der Waals surface area contributed by atoms with Gasteiger partial charge in [0.2, 0.25) is 5.91 Å². The third-order valence-corrected chi connectivity index (χ3v) is 7.01. The van der Waals surface area contributed by atoms with Crippen molar-refractivity contribution in [3.8, 4) is 22.9 Å². The molecule has 2 heterocycles. The van der Waals surface area contributed by atoms with E-state index in [9.17, 15) is 9.59 Å². The summed E-state index contributed by atoms with van der Waals surface area (Å²) in [6, 6.07) is 26.9. The van der Waals surface area contributed by atoms with Crippen LogP contribution in [-0.2, 0) is 11.2 Å². The van der Waals surface area contributed by atoms with E-state index >= 15 is 0 Å². The average Bonchev–Trinajstić information content (AvgIpc) is 3.40. The van der Waals surface area contributed by atoms with Crippen molar-refractivity contribution in [2.75, 3.05) is 13.1 Å². The number of imidazole rings is 1. The molecule has 7 N–H and O–H groups in total. The number of fused-ring (bicyclic) bond motifs is 1. The fourth-order valence-corrected chi connectivity index (χ4v) is 4.94. The molecule has 0 saturated heterocycles. The molecule has 0 unspecified atom stereocenters. The number of nitrogens with one attached hydrogen (secondary N) is 1. The van der Waals surface area contributed by atoms with E-state index in [1.807, 2.05) is 77.4 Å². The summed E-state index contributed by atoms with van der Waals surface area (Å²) in [5.41, 5.74) is 20.1. The number of ether oxygens (including phenoxy) is 1. The average molecular weight is 591 g/mol. The van der Waals surface area contributed by atoms with Crippen molar-refractivity contribution < 1.29 is 14.3 Å². The van der Waals surface area contributed by atoms with Crippen LogP contribution in [0.15, 0.2) is 102 Å². The van der Waals surface area contributed by atoms with E-state index in [0.717, 1.165) is 5.69 Å². The lowest BCUT2D eigenvalue weighted by molar-refractivity contribution is -0.121. The number of hydrogen-bond donors (Lipinski definition) is 4. The maximum atomic E-state index is 13.1. The highest BCUT2D eigenvalue weighted by molar-refractivity contribution is 5.98. The van der Waals surface area contributed by atoms with Crippen LogP contribution in [0, 0.1) is 0 Å². The zero-order valence-electron chi connectivity index (χ0n) is 24.1. The van der Waals surface area contributed by atoms with Gasteiger partial charge >= 0.3 is 0 Å². The Balaban J connectivity index is 1.52. The number of pyridine rings is 1. The van der Waals surface area contributed by atoms with Crippen molar-refractivity contribution in [2.45, 2.75) is 25.3 Å². The van der Waals surface area contributed by atoms with Crippen LogP contribution in [0.3, 0.4) is 0 Å². The maximum Gasteiger partial charge on any atom is 0.251 e. The number of guanidine groups is 1. The number of para-hydroxylation sites is 2. The van der Waals surface area contributed by atoms with Gasteiger partial charge in [-0.3, -0.25) is 19.6 Å². The summed E-state index contributed by atoms with van der Waals surface area (Å²) in [5, 5.41) is 2.95. The third-order valence-electron chi connectivity index (χ3n) is 7.01. The van der Waals surface area contributed by atoms with Crippen molar-refractivity contribution in [3.05, 3.63) is 108 Å². The van der Waals surface area contributed by atoms with E-state index in [0.29, 0.717) is 71.8 Å². The molecule has 11 heteroatoms. The molecule has 0 aliphatic heterocycles. The van der Waals surface area contributed by atoms with E-state index in [2.05, 4.69) is 15.3 Å². The molecule has 0 fully saturated rings. The van der Waals surface area contributed by atoms with Gasteiger partial charge in [-0.15, -0.1) is 0 Å². The van der Waals surface area contributed by atoms with Crippen LogP contribution in [0.5, 0.6) is 11.5 Å². The van der Waals surface area contributed by atoms with Crippen LogP contribution in [-0.4, -0.2) is 45.4 Å². The number of hydrogen-bond acceptors (Lipinski definition) is 6. The number of amides is 2. The van der Waals surface area contributed by atoms with Gasteiger partial charge in [0.05, 0.1) is 16.6 Å². The minimum atomic E-state index is -0.771. The van der Waals surface area contributed by atoms with Crippen molar-refractivity contribution in [1.82, 2.24) is 19.9 Å². The molecule has 0 spiro atoms. The molecule has 224 valence electrons. The second kappa shape index (κ2) is 14.0. The first kappa shape index (κ1) is 29.8. The van der Waals surface area contributed by atoms with Gasteiger partial charge in [-0.1, -0.05) is 36.4 Å². The molecule has 0 radical (unpaired) electrons. The lowest BCUT2D eigenvalue weighted by atomic mass is 10.1. The Labute approximate surface area is 254 Å². The summed E-state index contributed by atoms with van der Waals surface area (Å²) in [6.45, 7) is 0.766. The predicted octanol–water partition coefficient (Wildman–Crippen LogP) is 3.94. The zero-order chi connectivity index (χ0) is 30.9. The van der Waals surface area contributed by atoms with Crippen molar-refractivity contribution in [3.63, 3.8) is 0 Å². The Morgan fingerprint density at radius 3 is 2.45 bits per heavy atom. The van der Waals surface area contributed by atoms with E-state index in [4.69, 9.17) is 26.9 Å². The molecular weight excluding hydrogens is 556 g/mol. The van der Waals surface area contributed by atoms with Gasteiger partial charge in [0.25, 0.3) is 5.91 Å². The van der Waals surface area contributed by atoms with Crippen LogP contribution in [0.25, 0.3) is 22.4 Å². The molecule has 3 aromatic carbocycles. The van der Waals surface area contributed by atoms with Gasteiger partial charge in [0.15, 0.2) is 5.96 Å². The smallest absolute Gasteiger partial charge is 0.251 e. The SMILES string of the molecule is NC(=O)[C@@H](CCCN=C(N)N)n1c(-c2ccccc2Oc2ccccc2)nc2cc(C(=O)NCCc3ccccn3)ccc21. The Bertz CT molecular complexity index is 1770. The normalized spacial score (nSPS) is 11.5. The standard InChI is InChI=1S/C33H34N8O3/c34-30(42)28(13-8-19-39-33(35)36)41-27-16-15-22(32(43)38-20-17-23-9-6-7-18-37-23)21-26(27)40-31(41)25-12-4-5-14-29(25)44-24-10-2-1-3-11-24/h1-7,9-12,14-16,18,21,28H,8,13,17,19-20H2,(H2,34,42)(H,38,43)(H4,35,36,39)/t28-/m1/s1. The fraction of sp³-hybridized carbons (Fsp3) is 0.182. The molecule has 0 saturated carbocycles. The van der Waals surface area contributed by atoms with Gasteiger partial charge in [-0.25, -0.2) is 4.98 Å². The highest BCUT2D eigenvalue weighted by Gasteiger charge is 2.26. The molecule has 0 aliphatic rings. The quantitative estimate of drug-likeness (QED) is 0.0911. The number of benzene rings is 3. The van der Waals surface area contributed by atoms with Crippen molar-refractivity contribution in [1.29, 1.82) is 0 Å². The number of aliphatic imine (C=N–C) groups is 1. The second-order valence-corrected chi connectivity index (χ2v) is 10.1. The molecule has 5 rings (SSSR count). The van der Waals surface area contributed by atoms with E-state index in [-0.39, 0.29) is 11.9 Å². The summed E-state index contributed by atoms with van der Waals surface area (Å²) in [5.74, 6) is 0.878. The zero-order valence-corrected chi connectivity index (χ0v) is 24.1. The first-order valence-electron chi connectivity index (χ1n) is 14.3. The van der Waals surface area contributed by atoms with Crippen molar-refractivity contribution in [2.24, 2.45) is 22.2 Å². The van der Waals surface area contributed by atoms with E-state index in [1.165, 1.54) is 0 Å². The first-order chi connectivity index (χ1) is 21.4. The number of primary amides is 1. The third kappa shape index (κ3) is 7.19. The molecule has 11 nitrogen and oxygen atoms in total. The van der Waals surface area contributed by atoms with Gasteiger partial charge in [-0.2, -0.15) is 0 Å². The van der Waals surface area contributed by atoms with Gasteiger partial charge < -0.3 is 31.8 Å². The number of carbonyl (C=O) groups is 2. The largest absolute Gasteiger partial charge is 0.457 e. The lowest BCUT2D eigenvalue weighted by Crippen LogP contribution is -2.28. The summed E-state index contributed by atoms with van der Waals surface area (Å²) < 4.78 is 8.05. The Morgan fingerprint density at radius 1 is 0.932 bits per heavy atom. The second-order valence-electron chi connectivity index (χ2n) is 10.1. The molecule has 2 aromatic heterocycles. The highest BCUT2D eigenvalue weighted by atomic mass is 16.5. The summed E-state index contributed by atoms with van der Waals surface area (Å²) >= 11 is 0. The van der Waals surface area contributed by atoms with E-state index < -0.39 is 11.9 Å². The number of nitrogens with two attached hydrogens (primary N) is 3. The fourth-order valence-electron chi connectivity index (χ4n) is 4.94. The summed E-state index contributed by atoms with van der Waals surface area (Å²) in [6.07, 6.45) is 3.19. The van der Waals surface area contributed by atoms with Crippen LogP contribution in [0.4, 0.5) is 0 Å². The first-order valence-corrected chi connectivity index (χ1v) is 14.3. The van der Waals surface area contributed by atoms with Gasteiger partial charge in [0.1, 0.15) is 23.4 Å². The Kier molecular flexibility index (Phi) is 9.45. The maximum absolute atomic E-state index is 13.1. The molecule has 44 heavy (non-hydrogen) atoms. The number of rotatable bonds is 13. The monoisotopic (exact) mass is 590 g/mol. The van der Waals surface area contributed by atoms with Crippen LogP contribution in [0.2, 0.25) is 0 Å². The number of carbonyl (C=O) groups excluding carboxylic acids is 2. The Morgan fingerprint density at radius 2 is 1.70 bits per heavy atom. The molecule has 0 aliphatic carbocycles. The minimum absolute atomic E-state index is 0.0211. The van der Waals surface area contributed by atoms with Crippen molar-refractivity contribution >= 4 is 28.8 Å². The topological polar surface area (TPSA) is 177 Å². The van der Waals surface area contributed by atoms with Gasteiger partial charge in [0, 0.05) is 37.0 Å². The van der Waals surface area contributed by atoms with E-state index in [1.54, 1.807) is 24.4 Å². The molecule has 2 amide bonds. The Hall–Kier alpha value is -5.71. The molecule has 5 aromatic rings. The molecule has 1 atom stereocenters. The number of nitrogens with zero attached hydrogens (tertiary/aromatic N) is 4. The van der Waals surface area contributed by atoms with Crippen LogP contribution >= 0.6 is 0 Å². The molecular formula is C33H34N8O3. The minimum Gasteiger partial charge on any atom is -0.457 e. The number of aromatic nitrogens is 3. The van der Waals surface area contributed by atoms with Gasteiger partial charge in [-0.05, 0) is 67.4 Å². The molecule has 0 bridgehead atoms. The van der Waals surface area contributed by atoms with Crippen LogP contribution < -0.4 is 27.3 Å². The highest BCUT2D eigenvalue weighted by Crippen LogP contribution is 2.37. The van der Waals surface area contributed by atoms with Crippen LogP contribution in [0.1, 0.15) is 34.9 Å². The summed E-state index contributed by atoms with van der Waals surface area (Å²) in [4.78, 5) is 39.3. The summed E-state index contributed by atoms with van der Waals surface area (Å²) in [7, 11) is 0.